The second kappa shape index (κ2) is 5.45. The van der Waals surface area contributed by atoms with Crippen LogP contribution in [0, 0.1) is 11.3 Å². The molecule has 21 heavy (non-hydrogen) atoms. The Kier molecular flexibility index (Phi) is 3.86. The summed E-state index contributed by atoms with van der Waals surface area (Å²) < 4.78 is 37.9. The fourth-order valence-corrected chi connectivity index (χ4v) is 2.20. The Balaban J connectivity index is 2.45. The molecule has 0 aromatic carbocycles. The molecule has 0 radical (unpaired) electrons. The van der Waals surface area contributed by atoms with Crippen LogP contribution in [0.1, 0.15) is 11.3 Å². The minimum atomic E-state index is -4.61. The van der Waals surface area contributed by atoms with Crippen LogP contribution >= 0.6 is 11.8 Å². The molecule has 10 heteroatoms. The number of halogens is 3. The first kappa shape index (κ1) is 14.9. The van der Waals surface area contributed by atoms with Crippen molar-refractivity contribution in [1.29, 1.82) is 5.26 Å². The minimum absolute atomic E-state index is 0.0100. The monoisotopic (exact) mass is 312 g/mol. The highest BCUT2D eigenvalue weighted by molar-refractivity contribution is 7.99. The second-order valence-corrected chi connectivity index (χ2v) is 4.72. The van der Waals surface area contributed by atoms with Crippen LogP contribution < -0.4 is 11.5 Å². The topological polar surface area (TPSA) is 114 Å². The average molecular weight is 312 g/mol. The first-order valence-electron chi connectivity index (χ1n) is 5.36. The van der Waals surface area contributed by atoms with Gasteiger partial charge in [-0.25, -0.2) is 15.0 Å². The smallest absolute Gasteiger partial charge is 0.383 e. The number of nitrogen functional groups attached to an aromatic ring is 2. The van der Waals surface area contributed by atoms with Gasteiger partial charge in [-0.05, 0) is 23.9 Å². The van der Waals surface area contributed by atoms with Crippen LogP contribution in [0.3, 0.4) is 0 Å². The lowest BCUT2D eigenvalue weighted by atomic mass is 10.2. The first-order valence-corrected chi connectivity index (χ1v) is 6.17. The number of alkyl halides is 3. The number of aromatic nitrogens is 3. The molecule has 6 nitrogen and oxygen atoms in total. The molecule has 2 aromatic rings. The highest BCUT2D eigenvalue weighted by Crippen LogP contribution is 2.32. The molecule has 0 saturated carbocycles. The van der Waals surface area contributed by atoms with Gasteiger partial charge in [-0.15, -0.1) is 0 Å². The first-order chi connectivity index (χ1) is 9.79. The van der Waals surface area contributed by atoms with E-state index in [-0.39, 0.29) is 27.4 Å². The molecular formula is C11H7F3N6S. The molecule has 0 aliphatic rings. The van der Waals surface area contributed by atoms with Crippen molar-refractivity contribution in [2.75, 3.05) is 11.5 Å². The molecule has 0 atom stereocenters. The number of anilines is 2. The van der Waals surface area contributed by atoms with Crippen molar-refractivity contribution in [3.8, 4) is 6.07 Å². The van der Waals surface area contributed by atoms with Crippen LogP contribution in [0.4, 0.5) is 24.8 Å². The predicted molar refractivity (Wildman–Crippen MR) is 68.9 cm³/mol. The lowest BCUT2D eigenvalue weighted by Gasteiger charge is -2.08. The molecular weight excluding hydrogens is 305 g/mol. The summed E-state index contributed by atoms with van der Waals surface area (Å²) in [5.74, 6) is 0.131. The van der Waals surface area contributed by atoms with Gasteiger partial charge >= 0.3 is 6.18 Å². The third kappa shape index (κ3) is 3.51. The van der Waals surface area contributed by atoms with E-state index in [2.05, 4.69) is 15.0 Å². The molecule has 0 spiro atoms. The van der Waals surface area contributed by atoms with E-state index in [1.54, 1.807) is 6.07 Å². The molecule has 4 N–H and O–H groups in total. The largest absolute Gasteiger partial charge is 0.433 e. The molecule has 0 fully saturated rings. The SMILES string of the molecule is N#Cc1ccc(C(F)(F)F)nc1Sc1nc(N)cc(N)n1. The quantitative estimate of drug-likeness (QED) is 0.816. The summed E-state index contributed by atoms with van der Waals surface area (Å²) in [5, 5.41) is 8.77. The summed E-state index contributed by atoms with van der Waals surface area (Å²) in [5.41, 5.74) is 9.81. The lowest BCUT2D eigenvalue weighted by Crippen LogP contribution is -2.09. The molecule has 2 heterocycles. The van der Waals surface area contributed by atoms with E-state index in [0.717, 1.165) is 12.1 Å². The van der Waals surface area contributed by atoms with Gasteiger partial charge in [0.2, 0.25) is 0 Å². The van der Waals surface area contributed by atoms with Crippen LogP contribution in [0.2, 0.25) is 0 Å². The predicted octanol–water partition coefficient (Wildman–Crippen LogP) is 2.08. The summed E-state index contributed by atoms with van der Waals surface area (Å²) in [6.45, 7) is 0. The maximum Gasteiger partial charge on any atom is 0.433 e. The Labute approximate surface area is 121 Å². The molecule has 0 saturated heterocycles. The number of hydrogen-bond acceptors (Lipinski definition) is 7. The van der Waals surface area contributed by atoms with Gasteiger partial charge in [-0.1, -0.05) is 0 Å². The van der Waals surface area contributed by atoms with E-state index < -0.39 is 11.9 Å². The zero-order valence-electron chi connectivity index (χ0n) is 10.2. The van der Waals surface area contributed by atoms with Crippen LogP contribution in [0.25, 0.3) is 0 Å². The molecule has 0 amide bonds. The number of nitrogens with two attached hydrogens (primary N) is 2. The summed E-state index contributed by atoms with van der Waals surface area (Å²) in [6, 6.07) is 4.82. The summed E-state index contributed by atoms with van der Waals surface area (Å²) in [4.78, 5) is 11.1. The van der Waals surface area contributed by atoms with Gasteiger partial charge in [0.05, 0.1) is 5.56 Å². The summed E-state index contributed by atoms with van der Waals surface area (Å²) in [6.07, 6.45) is -4.61. The molecule has 108 valence electrons. The van der Waals surface area contributed by atoms with Gasteiger partial charge in [-0.3, -0.25) is 0 Å². The van der Waals surface area contributed by atoms with Crippen molar-refractivity contribution in [2.24, 2.45) is 0 Å². The van der Waals surface area contributed by atoms with Crippen LogP contribution in [0.5, 0.6) is 0 Å². The number of rotatable bonds is 2. The van der Waals surface area contributed by atoms with E-state index in [4.69, 9.17) is 16.7 Å². The third-order valence-electron chi connectivity index (χ3n) is 2.20. The molecule has 0 aliphatic carbocycles. The van der Waals surface area contributed by atoms with Crippen LogP contribution in [-0.4, -0.2) is 15.0 Å². The standard InChI is InChI=1S/C11H7F3N6S/c12-11(13,14)6-2-1-5(4-15)9(18-6)21-10-19-7(16)3-8(17)20-10/h1-3H,(H4,16,17,19,20). The Morgan fingerprint density at radius 2 is 1.71 bits per heavy atom. The van der Waals surface area contributed by atoms with Gasteiger partial charge in [0.25, 0.3) is 0 Å². The highest BCUT2D eigenvalue weighted by atomic mass is 32.2. The van der Waals surface area contributed by atoms with E-state index in [9.17, 15) is 13.2 Å². The van der Waals surface area contributed by atoms with Crippen molar-refractivity contribution in [3.63, 3.8) is 0 Å². The van der Waals surface area contributed by atoms with Crippen LogP contribution in [0.15, 0.2) is 28.4 Å². The van der Waals surface area contributed by atoms with Gasteiger partial charge in [0.15, 0.2) is 5.16 Å². The van der Waals surface area contributed by atoms with Gasteiger partial charge in [-0.2, -0.15) is 18.4 Å². The number of nitriles is 1. The van der Waals surface area contributed by atoms with E-state index in [1.165, 1.54) is 6.07 Å². The van der Waals surface area contributed by atoms with Gasteiger partial charge in [0, 0.05) is 6.07 Å². The van der Waals surface area contributed by atoms with E-state index >= 15 is 0 Å². The zero-order chi connectivity index (χ0) is 15.6. The Bertz CT molecular complexity index is 705. The number of hydrogen-bond donors (Lipinski definition) is 2. The fraction of sp³-hybridized carbons (Fsp3) is 0.0909. The number of nitrogens with zero attached hydrogens (tertiary/aromatic N) is 4. The molecule has 0 bridgehead atoms. The van der Waals surface area contributed by atoms with Crippen molar-refractivity contribution < 1.29 is 13.2 Å². The van der Waals surface area contributed by atoms with Crippen LogP contribution in [-0.2, 0) is 6.18 Å². The highest BCUT2D eigenvalue weighted by Gasteiger charge is 2.33. The molecule has 0 unspecified atom stereocenters. The van der Waals surface area contributed by atoms with Crippen molar-refractivity contribution in [1.82, 2.24) is 15.0 Å². The molecule has 0 aliphatic heterocycles. The number of pyridine rings is 1. The average Bonchev–Trinajstić information content (AvgIpc) is 2.36. The second-order valence-electron chi connectivity index (χ2n) is 3.76. The summed E-state index contributed by atoms with van der Waals surface area (Å²) in [7, 11) is 0. The third-order valence-corrected chi connectivity index (χ3v) is 3.07. The van der Waals surface area contributed by atoms with Crippen molar-refractivity contribution in [3.05, 3.63) is 29.5 Å². The van der Waals surface area contributed by atoms with Gasteiger partial charge < -0.3 is 11.5 Å². The minimum Gasteiger partial charge on any atom is -0.383 e. The molecule has 2 rings (SSSR count). The van der Waals surface area contributed by atoms with Gasteiger partial charge in [0.1, 0.15) is 28.4 Å². The Hall–Kier alpha value is -2.54. The Morgan fingerprint density at radius 3 is 2.24 bits per heavy atom. The molecule has 2 aromatic heterocycles. The van der Waals surface area contributed by atoms with Crippen molar-refractivity contribution >= 4 is 23.4 Å². The lowest BCUT2D eigenvalue weighted by molar-refractivity contribution is -0.141. The van der Waals surface area contributed by atoms with E-state index in [1.807, 2.05) is 0 Å². The normalized spacial score (nSPS) is 11.1. The fourth-order valence-electron chi connectivity index (χ4n) is 1.36. The van der Waals surface area contributed by atoms with E-state index in [0.29, 0.717) is 11.8 Å². The maximum atomic E-state index is 12.6. The van der Waals surface area contributed by atoms with Crippen molar-refractivity contribution in [2.45, 2.75) is 16.4 Å². The summed E-state index contributed by atoms with van der Waals surface area (Å²) >= 11 is 0.682. The Morgan fingerprint density at radius 1 is 1.10 bits per heavy atom. The maximum absolute atomic E-state index is 12.6. The zero-order valence-corrected chi connectivity index (χ0v) is 11.0.